The summed E-state index contributed by atoms with van der Waals surface area (Å²) < 4.78 is 29.0. The molecule has 120 valence electrons. The van der Waals surface area contributed by atoms with E-state index in [-0.39, 0.29) is 16.7 Å². The second kappa shape index (κ2) is 6.24. The highest BCUT2D eigenvalue weighted by Gasteiger charge is 2.16. The Kier molecular flexibility index (Phi) is 4.13. The number of aryl methyl sites for hydroxylation is 1. The lowest BCUT2D eigenvalue weighted by Gasteiger charge is -2.10. The summed E-state index contributed by atoms with van der Waals surface area (Å²) in [5.41, 5.74) is 2.45. The molecule has 0 atom stereocenters. The Morgan fingerprint density at radius 3 is 1.58 bits per heavy atom. The maximum Gasteiger partial charge on any atom is 0.335 e. The molecule has 2 nitrogen and oxygen atoms in total. The largest absolute Gasteiger partial charge is 0.478 e. The van der Waals surface area contributed by atoms with E-state index in [1.54, 1.807) is 12.1 Å². The van der Waals surface area contributed by atoms with Crippen LogP contribution in [0.2, 0.25) is 0 Å². The number of rotatable bonds is 3. The normalized spacial score (nSPS) is 10.6. The Hall–Kier alpha value is -3.01. The molecule has 0 heterocycles. The van der Waals surface area contributed by atoms with Gasteiger partial charge in [0.25, 0.3) is 0 Å². The number of benzene rings is 3. The second-order valence-electron chi connectivity index (χ2n) is 5.54. The zero-order valence-corrected chi connectivity index (χ0v) is 12.9. The molecule has 0 saturated carbocycles. The van der Waals surface area contributed by atoms with Gasteiger partial charge in [0.1, 0.15) is 0 Å². The van der Waals surface area contributed by atoms with Crippen molar-refractivity contribution in [2.24, 2.45) is 0 Å². The molecule has 0 aromatic heterocycles. The van der Waals surface area contributed by atoms with Crippen molar-refractivity contribution in [3.8, 4) is 22.3 Å². The van der Waals surface area contributed by atoms with Crippen LogP contribution < -0.4 is 0 Å². The fourth-order valence-corrected chi connectivity index (χ4v) is 2.52. The van der Waals surface area contributed by atoms with Gasteiger partial charge in [0.15, 0.2) is 11.6 Å². The topological polar surface area (TPSA) is 37.3 Å². The van der Waals surface area contributed by atoms with Crippen LogP contribution in [0.5, 0.6) is 0 Å². The standard InChI is InChI=1S/C20H14F2O2/c1-12-2-4-13(5-3-12)16-10-11-17(19(22)18(16)21)14-6-8-15(9-7-14)20(23)24/h2-11H,1H3,(H,23,24). The van der Waals surface area contributed by atoms with Gasteiger partial charge in [-0.05, 0) is 30.2 Å². The van der Waals surface area contributed by atoms with Crippen molar-refractivity contribution in [1.29, 1.82) is 0 Å². The van der Waals surface area contributed by atoms with Crippen molar-refractivity contribution < 1.29 is 18.7 Å². The Balaban J connectivity index is 2.04. The van der Waals surface area contributed by atoms with Crippen LogP contribution in [0.25, 0.3) is 22.3 Å². The minimum absolute atomic E-state index is 0.0934. The molecule has 0 unspecified atom stereocenters. The molecule has 0 spiro atoms. The molecule has 0 fully saturated rings. The second-order valence-corrected chi connectivity index (χ2v) is 5.54. The summed E-state index contributed by atoms with van der Waals surface area (Å²) in [5.74, 6) is -2.93. The number of carbonyl (C=O) groups is 1. The van der Waals surface area contributed by atoms with Crippen molar-refractivity contribution >= 4 is 5.97 Å². The Morgan fingerprint density at radius 1 is 0.750 bits per heavy atom. The lowest BCUT2D eigenvalue weighted by atomic mass is 9.98. The fraction of sp³-hybridized carbons (Fsp3) is 0.0500. The van der Waals surface area contributed by atoms with Gasteiger partial charge in [-0.25, -0.2) is 13.6 Å². The first-order chi connectivity index (χ1) is 11.5. The Morgan fingerprint density at radius 2 is 1.17 bits per heavy atom. The van der Waals surface area contributed by atoms with Crippen molar-refractivity contribution in [3.05, 3.63) is 83.4 Å². The quantitative estimate of drug-likeness (QED) is 0.709. The van der Waals surface area contributed by atoms with Gasteiger partial charge >= 0.3 is 5.97 Å². The fourth-order valence-electron chi connectivity index (χ4n) is 2.52. The smallest absolute Gasteiger partial charge is 0.335 e. The predicted octanol–water partition coefficient (Wildman–Crippen LogP) is 5.31. The molecule has 0 aliphatic heterocycles. The van der Waals surface area contributed by atoms with E-state index in [1.807, 2.05) is 19.1 Å². The van der Waals surface area contributed by atoms with Gasteiger partial charge in [-0.2, -0.15) is 0 Å². The summed E-state index contributed by atoms with van der Waals surface area (Å²) in [6.45, 7) is 1.92. The maximum absolute atomic E-state index is 14.5. The third kappa shape index (κ3) is 2.91. The minimum Gasteiger partial charge on any atom is -0.478 e. The summed E-state index contributed by atoms with van der Waals surface area (Å²) >= 11 is 0. The zero-order chi connectivity index (χ0) is 17.3. The van der Waals surface area contributed by atoms with Crippen LogP contribution in [0.3, 0.4) is 0 Å². The number of aromatic carboxylic acids is 1. The maximum atomic E-state index is 14.5. The highest BCUT2D eigenvalue weighted by atomic mass is 19.2. The van der Waals surface area contributed by atoms with Gasteiger partial charge in [-0.15, -0.1) is 0 Å². The van der Waals surface area contributed by atoms with Gasteiger partial charge in [-0.1, -0.05) is 54.1 Å². The average molecular weight is 324 g/mol. The molecule has 4 heteroatoms. The van der Waals surface area contributed by atoms with E-state index in [9.17, 15) is 13.6 Å². The van der Waals surface area contributed by atoms with E-state index in [0.717, 1.165) is 5.56 Å². The summed E-state index contributed by atoms with van der Waals surface area (Å²) in [7, 11) is 0. The molecule has 0 aliphatic carbocycles. The molecule has 0 aliphatic rings. The first-order valence-electron chi connectivity index (χ1n) is 7.36. The van der Waals surface area contributed by atoms with Crippen molar-refractivity contribution in [3.63, 3.8) is 0 Å². The lowest BCUT2D eigenvalue weighted by molar-refractivity contribution is 0.0697. The minimum atomic E-state index is -1.07. The van der Waals surface area contributed by atoms with Gasteiger partial charge in [0.2, 0.25) is 0 Å². The number of hydrogen-bond donors (Lipinski definition) is 1. The molecule has 0 amide bonds. The van der Waals surface area contributed by atoms with Crippen LogP contribution in [0.15, 0.2) is 60.7 Å². The summed E-state index contributed by atoms with van der Waals surface area (Å²) in [5, 5.41) is 8.89. The molecule has 0 radical (unpaired) electrons. The lowest BCUT2D eigenvalue weighted by Crippen LogP contribution is -1.97. The van der Waals surface area contributed by atoms with E-state index >= 15 is 0 Å². The highest BCUT2D eigenvalue weighted by molar-refractivity contribution is 5.88. The van der Waals surface area contributed by atoms with Crippen LogP contribution >= 0.6 is 0 Å². The van der Waals surface area contributed by atoms with E-state index < -0.39 is 17.6 Å². The summed E-state index contributed by atoms with van der Waals surface area (Å²) in [4.78, 5) is 10.9. The molecular formula is C20H14F2O2. The van der Waals surface area contributed by atoms with Crippen molar-refractivity contribution in [1.82, 2.24) is 0 Å². The van der Waals surface area contributed by atoms with E-state index in [4.69, 9.17) is 5.11 Å². The third-order valence-electron chi connectivity index (χ3n) is 3.89. The van der Waals surface area contributed by atoms with E-state index in [0.29, 0.717) is 11.1 Å². The number of carboxylic acid groups (broad SMARTS) is 1. The average Bonchev–Trinajstić information content (AvgIpc) is 2.58. The van der Waals surface area contributed by atoms with Crippen LogP contribution in [-0.4, -0.2) is 11.1 Å². The molecule has 24 heavy (non-hydrogen) atoms. The van der Waals surface area contributed by atoms with Gasteiger partial charge in [0, 0.05) is 11.1 Å². The Bertz CT molecular complexity index is 898. The number of carboxylic acids is 1. The van der Waals surface area contributed by atoms with Crippen LogP contribution in [0.1, 0.15) is 15.9 Å². The SMILES string of the molecule is Cc1ccc(-c2ccc(-c3ccc(C(=O)O)cc3)c(F)c2F)cc1. The van der Waals surface area contributed by atoms with Crippen LogP contribution in [0, 0.1) is 18.6 Å². The molecular weight excluding hydrogens is 310 g/mol. The predicted molar refractivity (Wildman–Crippen MR) is 88.9 cm³/mol. The molecule has 3 aromatic rings. The van der Waals surface area contributed by atoms with Crippen molar-refractivity contribution in [2.45, 2.75) is 6.92 Å². The first kappa shape index (κ1) is 15.9. The van der Waals surface area contributed by atoms with Crippen LogP contribution in [-0.2, 0) is 0 Å². The van der Waals surface area contributed by atoms with Gasteiger partial charge < -0.3 is 5.11 Å². The Labute approximate surface area is 138 Å². The third-order valence-corrected chi connectivity index (χ3v) is 3.89. The number of hydrogen-bond acceptors (Lipinski definition) is 1. The van der Waals surface area contributed by atoms with E-state index in [1.165, 1.54) is 36.4 Å². The monoisotopic (exact) mass is 324 g/mol. The number of halogens is 2. The first-order valence-corrected chi connectivity index (χ1v) is 7.36. The molecule has 3 rings (SSSR count). The zero-order valence-electron chi connectivity index (χ0n) is 12.9. The molecule has 1 N–H and O–H groups in total. The molecule has 0 saturated heterocycles. The van der Waals surface area contributed by atoms with Gasteiger partial charge in [-0.3, -0.25) is 0 Å². The summed E-state index contributed by atoms with van der Waals surface area (Å²) in [6, 6.07) is 15.9. The molecule has 3 aromatic carbocycles. The molecule has 0 bridgehead atoms. The highest BCUT2D eigenvalue weighted by Crippen LogP contribution is 2.31. The van der Waals surface area contributed by atoms with E-state index in [2.05, 4.69) is 0 Å². The summed E-state index contributed by atoms with van der Waals surface area (Å²) in [6.07, 6.45) is 0. The van der Waals surface area contributed by atoms with Crippen molar-refractivity contribution in [2.75, 3.05) is 0 Å². The van der Waals surface area contributed by atoms with Crippen LogP contribution in [0.4, 0.5) is 8.78 Å². The van der Waals surface area contributed by atoms with Gasteiger partial charge in [0.05, 0.1) is 5.56 Å².